The second-order valence-corrected chi connectivity index (χ2v) is 9.73. The van der Waals surface area contributed by atoms with Crippen molar-refractivity contribution in [2.45, 2.75) is 13.5 Å². The SMILES string of the molecule is CC(=O)NCc1ccc(-c2csc(NC(=O)c3cn(-c4ccccc4)nc3-c3ccccc3)n2)s1. The Bertz CT molecular complexity index is 1470. The van der Waals surface area contributed by atoms with Gasteiger partial charge in [0.1, 0.15) is 5.69 Å². The summed E-state index contributed by atoms with van der Waals surface area (Å²) in [6.45, 7) is 1.98. The molecule has 0 saturated carbocycles. The fraction of sp³-hybridized carbons (Fsp3) is 0.0769. The zero-order valence-corrected chi connectivity index (χ0v) is 20.4. The Labute approximate surface area is 210 Å². The molecule has 3 heterocycles. The number of thiophene rings is 1. The van der Waals surface area contributed by atoms with Crippen molar-refractivity contribution in [2.24, 2.45) is 0 Å². The average Bonchev–Trinajstić information content (AvgIpc) is 3.63. The Balaban J connectivity index is 1.39. The molecule has 0 spiro atoms. The predicted molar refractivity (Wildman–Crippen MR) is 140 cm³/mol. The molecule has 0 aliphatic rings. The van der Waals surface area contributed by atoms with Gasteiger partial charge in [0.15, 0.2) is 5.13 Å². The first-order valence-corrected chi connectivity index (χ1v) is 12.6. The van der Waals surface area contributed by atoms with Crippen LogP contribution in [-0.2, 0) is 11.3 Å². The number of nitrogens with one attached hydrogen (secondary N) is 2. The average molecular weight is 500 g/mol. The van der Waals surface area contributed by atoms with E-state index in [4.69, 9.17) is 5.10 Å². The highest BCUT2D eigenvalue weighted by atomic mass is 32.1. The van der Waals surface area contributed by atoms with Crippen molar-refractivity contribution in [3.63, 3.8) is 0 Å². The molecule has 2 aromatic carbocycles. The first-order chi connectivity index (χ1) is 17.1. The van der Waals surface area contributed by atoms with Crippen molar-refractivity contribution >= 4 is 39.6 Å². The number of aromatic nitrogens is 3. The minimum atomic E-state index is -0.274. The van der Waals surface area contributed by atoms with Gasteiger partial charge in [-0.2, -0.15) is 5.10 Å². The molecule has 2 N–H and O–H groups in total. The number of hydrogen-bond acceptors (Lipinski definition) is 6. The van der Waals surface area contributed by atoms with Crippen LogP contribution in [0, 0.1) is 0 Å². The summed E-state index contributed by atoms with van der Waals surface area (Å²) >= 11 is 2.93. The summed E-state index contributed by atoms with van der Waals surface area (Å²) in [6, 6.07) is 23.3. The van der Waals surface area contributed by atoms with Gasteiger partial charge in [0.05, 0.1) is 28.4 Å². The van der Waals surface area contributed by atoms with Crippen LogP contribution in [0.1, 0.15) is 22.2 Å². The summed E-state index contributed by atoms with van der Waals surface area (Å²) in [7, 11) is 0. The normalized spacial score (nSPS) is 10.8. The van der Waals surface area contributed by atoms with Crippen LogP contribution in [0.3, 0.4) is 0 Å². The molecule has 0 bridgehead atoms. The van der Waals surface area contributed by atoms with E-state index in [1.165, 1.54) is 18.3 Å². The van der Waals surface area contributed by atoms with Gasteiger partial charge >= 0.3 is 0 Å². The molecular formula is C26H21N5O2S2. The third kappa shape index (κ3) is 5.21. The molecule has 5 rings (SSSR count). The van der Waals surface area contributed by atoms with Crippen molar-refractivity contribution < 1.29 is 9.59 Å². The van der Waals surface area contributed by atoms with E-state index < -0.39 is 0 Å². The van der Waals surface area contributed by atoms with Gasteiger partial charge in [0.25, 0.3) is 5.91 Å². The van der Waals surface area contributed by atoms with E-state index in [-0.39, 0.29) is 11.8 Å². The molecule has 0 atom stereocenters. The number of anilines is 1. The molecule has 0 fully saturated rings. The van der Waals surface area contributed by atoms with Crippen LogP contribution in [0.15, 0.2) is 84.4 Å². The van der Waals surface area contributed by atoms with Gasteiger partial charge < -0.3 is 5.32 Å². The van der Waals surface area contributed by atoms with Gasteiger partial charge in [-0.25, -0.2) is 9.67 Å². The lowest BCUT2D eigenvalue weighted by atomic mass is 10.1. The van der Waals surface area contributed by atoms with Crippen LogP contribution in [0.2, 0.25) is 0 Å². The Morgan fingerprint density at radius 3 is 2.46 bits per heavy atom. The summed E-state index contributed by atoms with van der Waals surface area (Å²) in [4.78, 5) is 31.1. The molecule has 2 amide bonds. The number of carbonyl (C=O) groups excluding carboxylic acids is 2. The molecule has 0 saturated heterocycles. The largest absolute Gasteiger partial charge is 0.351 e. The molecule has 5 aromatic rings. The smallest absolute Gasteiger partial charge is 0.261 e. The summed E-state index contributed by atoms with van der Waals surface area (Å²) in [5.41, 5.74) is 3.58. The second kappa shape index (κ2) is 10.0. The number of rotatable bonds is 7. The third-order valence-electron chi connectivity index (χ3n) is 5.18. The third-order valence-corrected chi connectivity index (χ3v) is 7.04. The molecule has 7 nitrogen and oxygen atoms in total. The van der Waals surface area contributed by atoms with Crippen LogP contribution in [0.25, 0.3) is 27.5 Å². The number of para-hydroxylation sites is 1. The maximum atomic E-state index is 13.3. The summed E-state index contributed by atoms with van der Waals surface area (Å²) < 4.78 is 1.72. The van der Waals surface area contributed by atoms with Crippen LogP contribution in [-0.4, -0.2) is 26.6 Å². The number of benzene rings is 2. The highest BCUT2D eigenvalue weighted by Crippen LogP contribution is 2.31. The minimum Gasteiger partial charge on any atom is -0.351 e. The monoisotopic (exact) mass is 499 g/mol. The van der Waals surface area contributed by atoms with E-state index in [0.717, 1.165) is 26.7 Å². The van der Waals surface area contributed by atoms with E-state index >= 15 is 0 Å². The van der Waals surface area contributed by atoms with Crippen LogP contribution < -0.4 is 10.6 Å². The molecular weight excluding hydrogens is 478 g/mol. The van der Waals surface area contributed by atoms with Crippen molar-refractivity contribution in [1.82, 2.24) is 20.1 Å². The number of nitrogens with zero attached hydrogens (tertiary/aromatic N) is 3. The highest BCUT2D eigenvalue weighted by molar-refractivity contribution is 7.17. The maximum absolute atomic E-state index is 13.3. The minimum absolute atomic E-state index is 0.0657. The first kappa shape index (κ1) is 22.7. The lowest BCUT2D eigenvalue weighted by Gasteiger charge is -2.02. The van der Waals surface area contributed by atoms with Crippen molar-refractivity contribution in [3.05, 3.63) is 94.8 Å². The van der Waals surface area contributed by atoms with E-state index in [2.05, 4.69) is 15.6 Å². The molecule has 9 heteroatoms. The molecule has 0 radical (unpaired) electrons. The molecule has 35 heavy (non-hydrogen) atoms. The summed E-state index contributed by atoms with van der Waals surface area (Å²) in [5, 5.41) is 12.9. The molecule has 174 valence electrons. The Kier molecular flexibility index (Phi) is 6.51. The maximum Gasteiger partial charge on any atom is 0.261 e. The zero-order valence-electron chi connectivity index (χ0n) is 18.8. The van der Waals surface area contributed by atoms with E-state index in [1.54, 1.807) is 22.2 Å². The van der Waals surface area contributed by atoms with Crippen LogP contribution in [0.4, 0.5) is 5.13 Å². The molecule has 3 aromatic heterocycles. The fourth-order valence-corrected chi connectivity index (χ4v) is 5.18. The molecule has 0 aliphatic carbocycles. The van der Waals surface area contributed by atoms with E-state index in [1.807, 2.05) is 78.2 Å². The summed E-state index contributed by atoms with van der Waals surface area (Å²) in [6.07, 6.45) is 1.75. The lowest BCUT2D eigenvalue weighted by molar-refractivity contribution is -0.119. The molecule has 0 unspecified atom stereocenters. The van der Waals surface area contributed by atoms with E-state index in [0.29, 0.717) is 22.9 Å². The van der Waals surface area contributed by atoms with Crippen molar-refractivity contribution in [3.8, 4) is 27.5 Å². The Morgan fingerprint density at radius 1 is 0.971 bits per heavy atom. The molecule has 0 aliphatic heterocycles. The standard InChI is InChI=1S/C26H21N5O2S2/c1-17(32)27-14-20-12-13-23(35-20)22-16-34-26(28-22)29-25(33)21-15-31(19-10-6-3-7-11-19)30-24(21)18-8-4-2-5-9-18/h2-13,15-16H,14H2,1H3,(H,27,32)(H,28,29,33). The Hall–Kier alpha value is -4.08. The summed E-state index contributed by atoms with van der Waals surface area (Å²) in [5.74, 6) is -0.339. The van der Waals surface area contributed by atoms with E-state index in [9.17, 15) is 9.59 Å². The number of carbonyl (C=O) groups is 2. The van der Waals surface area contributed by atoms with Gasteiger partial charge in [-0.1, -0.05) is 48.5 Å². The van der Waals surface area contributed by atoms with Crippen LogP contribution >= 0.6 is 22.7 Å². The van der Waals surface area contributed by atoms with Gasteiger partial charge in [-0.3, -0.25) is 14.9 Å². The van der Waals surface area contributed by atoms with Crippen molar-refractivity contribution in [1.29, 1.82) is 0 Å². The fourth-order valence-electron chi connectivity index (χ4n) is 3.49. The predicted octanol–water partition coefficient (Wildman–Crippen LogP) is 5.61. The van der Waals surface area contributed by atoms with Gasteiger partial charge in [-0.15, -0.1) is 22.7 Å². The topological polar surface area (TPSA) is 88.9 Å². The lowest BCUT2D eigenvalue weighted by Crippen LogP contribution is -2.17. The quantitative estimate of drug-likeness (QED) is 0.305. The highest BCUT2D eigenvalue weighted by Gasteiger charge is 2.20. The van der Waals surface area contributed by atoms with Crippen molar-refractivity contribution in [2.75, 3.05) is 5.32 Å². The number of thiazole rings is 1. The number of hydrogen-bond donors (Lipinski definition) is 2. The van der Waals surface area contributed by atoms with Gasteiger partial charge in [-0.05, 0) is 24.3 Å². The van der Waals surface area contributed by atoms with Gasteiger partial charge in [0.2, 0.25) is 5.91 Å². The van der Waals surface area contributed by atoms with Crippen LogP contribution in [0.5, 0.6) is 0 Å². The zero-order chi connectivity index (χ0) is 24.2. The Morgan fingerprint density at radius 2 is 1.71 bits per heavy atom. The first-order valence-electron chi connectivity index (χ1n) is 10.9. The second-order valence-electron chi connectivity index (χ2n) is 7.71. The van der Waals surface area contributed by atoms with Gasteiger partial charge in [0, 0.05) is 28.9 Å². The number of amides is 2.